The third kappa shape index (κ3) is 3.73. The van der Waals surface area contributed by atoms with Crippen molar-refractivity contribution < 1.29 is 9.47 Å². The van der Waals surface area contributed by atoms with Gasteiger partial charge in [-0.2, -0.15) is 0 Å². The minimum absolute atomic E-state index is 0.0617. The summed E-state index contributed by atoms with van der Waals surface area (Å²) in [4.78, 5) is 2.62. The summed E-state index contributed by atoms with van der Waals surface area (Å²) < 4.78 is 11.5. The van der Waals surface area contributed by atoms with Crippen LogP contribution >= 0.6 is 0 Å². The Morgan fingerprint density at radius 2 is 1.95 bits per heavy atom. The maximum atomic E-state index is 5.90. The predicted octanol–water partition coefficient (Wildman–Crippen LogP) is 2.13. The van der Waals surface area contributed by atoms with Crippen LogP contribution in [0.15, 0.2) is 0 Å². The van der Waals surface area contributed by atoms with Gasteiger partial charge in [0.1, 0.15) is 0 Å². The van der Waals surface area contributed by atoms with Crippen LogP contribution in [0.1, 0.15) is 51.9 Å². The molecule has 0 aliphatic carbocycles. The van der Waals surface area contributed by atoms with Crippen LogP contribution in [0.3, 0.4) is 0 Å². The topological polar surface area (TPSA) is 33.7 Å². The summed E-state index contributed by atoms with van der Waals surface area (Å²) >= 11 is 0. The molecule has 0 aromatic heterocycles. The number of ether oxygens (including phenoxy) is 2. The molecule has 3 atom stereocenters. The zero-order valence-corrected chi connectivity index (χ0v) is 12.9. The molecular weight excluding hydrogens is 252 g/mol. The van der Waals surface area contributed by atoms with Crippen LogP contribution in [0, 0.1) is 0 Å². The summed E-state index contributed by atoms with van der Waals surface area (Å²) in [7, 11) is 0. The van der Waals surface area contributed by atoms with Crippen molar-refractivity contribution in [3.05, 3.63) is 0 Å². The number of fused-ring (bicyclic) bond motifs is 2. The highest BCUT2D eigenvalue weighted by molar-refractivity contribution is 4.95. The molecule has 1 N–H and O–H groups in total. The number of nitrogens with one attached hydrogen (secondary N) is 1. The number of hydrogen-bond acceptors (Lipinski definition) is 4. The summed E-state index contributed by atoms with van der Waals surface area (Å²) in [5, 5.41) is 3.73. The number of rotatable bonds is 6. The monoisotopic (exact) mass is 282 g/mol. The summed E-state index contributed by atoms with van der Waals surface area (Å²) in [6.45, 7) is 6.16. The number of likely N-dealkylation sites (N-methyl/N-ethyl adjacent to an activating group) is 1. The molecule has 3 aliphatic heterocycles. The van der Waals surface area contributed by atoms with Crippen molar-refractivity contribution in [2.75, 3.05) is 26.3 Å². The molecule has 0 spiro atoms. The van der Waals surface area contributed by atoms with Crippen molar-refractivity contribution in [3.63, 3.8) is 0 Å². The minimum Gasteiger partial charge on any atom is -0.353 e. The molecule has 0 radical (unpaired) electrons. The molecule has 4 nitrogen and oxygen atoms in total. The van der Waals surface area contributed by atoms with E-state index in [1.807, 2.05) is 0 Å². The Balaban J connectivity index is 1.40. The van der Waals surface area contributed by atoms with Crippen LogP contribution in [0.2, 0.25) is 0 Å². The summed E-state index contributed by atoms with van der Waals surface area (Å²) in [6, 6.07) is 2.31. The van der Waals surface area contributed by atoms with Crippen LogP contribution in [0.25, 0.3) is 0 Å². The van der Waals surface area contributed by atoms with Gasteiger partial charge in [-0.25, -0.2) is 0 Å². The molecule has 116 valence electrons. The third-order valence-electron chi connectivity index (χ3n) is 5.19. The molecule has 4 heteroatoms. The fourth-order valence-electron chi connectivity index (χ4n) is 4.07. The molecule has 3 heterocycles. The zero-order chi connectivity index (χ0) is 13.8. The number of hydrogen-bond donors (Lipinski definition) is 1. The fraction of sp³-hybridized carbons (Fsp3) is 1.00. The van der Waals surface area contributed by atoms with Crippen LogP contribution in [-0.4, -0.2) is 55.6 Å². The SMILES string of the molecule is CCN(CCOC1CCCCO1)C1CC2CCC(C1)N2. The average molecular weight is 282 g/mol. The molecule has 0 saturated carbocycles. The van der Waals surface area contributed by atoms with Gasteiger partial charge in [-0.15, -0.1) is 0 Å². The Morgan fingerprint density at radius 1 is 1.15 bits per heavy atom. The lowest BCUT2D eigenvalue weighted by Crippen LogP contribution is -2.49. The molecule has 3 rings (SSSR count). The first-order valence-electron chi connectivity index (χ1n) is 8.58. The average Bonchev–Trinajstić information content (AvgIpc) is 2.83. The molecule has 20 heavy (non-hydrogen) atoms. The van der Waals surface area contributed by atoms with Gasteiger partial charge in [0, 0.05) is 31.3 Å². The standard InChI is InChI=1S/C16H30N2O2/c1-2-18(8-10-20-16-5-3-4-9-19-16)15-11-13-6-7-14(12-15)17-13/h13-17H,2-12H2,1H3. The Labute approximate surface area is 123 Å². The van der Waals surface area contributed by atoms with Gasteiger partial charge >= 0.3 is 0 Å². The van der Waals surface area contributed by atoms with Crippen molar-refractivity contribution in [3.8, 4) is 0 Å². The highest BCUT2D eigenvalue weighted by atomic mass is 16.7. The third-order valence-corrected chi connectivity index (χ3v) is 5.19. The van der Waals surface area contributed by atoms with E-state index < -0.39 is 0 Å². The smallest absolute Gasteiger partial charge is 0.157 e. The summed E-state index contributed by atoms with van der Waals surface area (Å²) in [5.74, 6) is 0. The molecule has 3 unspecified atom stereocenters. The molecule has 3 fully saturated rings. The van der Waals surface area contributed by atoms with Gasteiger partial charge in [-0.1, -0.05) is 6.92 Å². The number of nitrogens with zero attached hydrogens (tertiary/aromatic N) is 1. The van der Waals surface area contributed by atoms with Crippen LogP contribution in [0.4, 0.5) is 0 Å². The maximum Gasteiger partial charge on any atom is 0.157 e. The van der Waals surface area contributed by atoms with Gasteiger partial charge in [-0.05, 0) is 51.5 Å². The van der Waals surface area contributed by atoms with Crippen LogP contribution < -0.4 is 5.32 Å². The Hall–Kier alpha value is -0.160. The van der Waals surface area contributed by atoms with Crippen molar-refractivity contribution in [1.29, 1.82) is 0 Å². The molecule has 0 aromatic carbocycles. The second-order valence-electron chi connectivity index (χ2n) is 6.56. The van der Waals surface area contributed by atoms with Gasteiger partial charge < -0.3 is 14.8 Å². The molecule has 0 amide bonds. The van der Waals surface area contributed by atoms with Gasteiger partial charge in [0.05, 0.1) is 6.61 Å². The van der Waals surface area contributed by atoms with E-state index in [0.29, 0.717) is 0 Å². The second kappa shape index (κ2) is 7.21. The second-order valence-corrected chi connectivity index (χ2v) is 6.56. The van der Waals surface area contributed by atoms with E-state index in [1.54, 1.807) is 0 Å². The molecule has 2 bridgehead atoms. The van der Waals surface area contributed by atoms with Crippen LogP contribution in [0.5, 0.6) is 0 Å². The van der Waals surface area contributed by atoms with E-state index in [0.717, 1.165) is 50.8 Å². The van der Waals surface area contributed by atoms with Crippen LogP contribution in [-0.2, 0) is 9.47 Å². The summed E-state index contributed by atoms with van der Waals surface area (Å²) in [5.41, 5.74) is 0. The quantitative estimate of drug-likeness (QED) is 0.809. The predicted molar refractivity (Wildman–Crippen MR) is 79.8 cm³/mol. The van der Waals surface area contributed by atoms with Crippen molar-refractivity contribution >= 4 is 0 Å². The maximum absolute atomic E-state index is 5.90. The van der Waals surface area contributed by atoms with Gasteiger partial charge in [-0.3, -0.25) is 4.90 Å². The minimum atomic E-state index is 0.0617. The zero-order valence-electron chi connectivity index (χ0n) is 12.9. The van der Waals surface area contributed by atoms with Crippen molar-refractivity contribution in [1.82, 2.24) is 10.2 Å². The lowest BCUT2D eigenvalue weighted by molar-refractivity contribution is -0.165. The van der Waals surface area contributed by atoms with E-state index in [1.165, 1.54) is 38.5 Å². The van der Waals surface area contributed by atoms with E-state index in [4.69, 9.17) is 9.47 Å². The van der Waals surface area contributed by atoms with E-state index in [-0.39, 0.29) is 6.29 Å². The Morgan fingerprint density at radius 3 is 2.60 bits per heavy atom. The first-order chi connectivity index (χ1) is 9.85. The van der Waals surface area contributed by atoms with Gasteiger partial charge in [0.15, 0.2) is 6.29 Å². The molecule has 0 aromatic rings. The first-order valence-corrected chi connectivity index (χ1v) is 8.58. The van der Waals surface area contributed by atoms with E-state index in [9.17, 15) is 0 Å². The lowest BCUT2D eigenvalue weighted by Gasteiger charge is -2.37. The Kier molecular flexibility index (Phi) is 5.32. The lowest BCUT2D eigenvalue weighted by atomic mass is 9.98. The summed E-state index contributed by atoms with van der Waals surface area (Å²) in [6.07, 6.45) is 8.99. The molecular formula is C16H30N2O2. The normalized spacial score (nSPS) is 37.5. The first kappa shape index (κ1) is 14.8. The van der Waals surface area contributed by atoms with Crippen molar-refractivity contribution in [2.45, 2.75) is 76.3 Å². The van der Waals surface area contributed by atoms with E-state index in [2.05, 4.69) is 17.1 Å². The molecule has 3 saturated heterocycles. The molecule has 3 aliphatic rings. The van der Waals surface area contributed by atoms with Gasteiger partial charge in [0.2, 0.25) is 0 Å². The largest absolute Gasteiger partial charge is 0.353 e. The number of piperidine rings is 1. The fourth-order valence-corrected chi connectivity index (χ4v) is 4.07. The van der Waals surface area contributed by atoms with Gasteiger partial charge in [0.25, 0.3) is 0 Å². The highest BCUT2D eigenvalue weighted by Crippen LogP contribution is 2.29. The van der Waals surface area contributed by atoms with Crippen molar-refractivity contribution in [2.24, 2.45) is 0 Å². The highest BCUT2D eigenvalue weighted by Gasteiger charge is 2.35. The van der Waals surface area contributed by atoms with E-state index >= 15 is 0 Å². The Bertz CT molecular complexity index is 282.